The van der Waals surface area contributed by atoms with Crippen LogP contribution in [0.4, 0.5) is 5.69 Å². The van der Waals surface area contributed by atoms with Gasteiger partial charge in [-0.1, -0.05) is 38.3 Å². The molecule has 0 saturated heterocycles. The lowest BCUT2D eigenvalue weighted by molar-refractivity contribution is -0.123. The van der Waals surface area contributed by atoms with Gasteiger partial charge in [-0.3, -0.25) is 4.79 Å². The van der Waals surface area contributed by atoms with Crippen LogP contribution in [0, 0.1) is 11.8 Å². The zero-order chi connectivity index (χ0) is 15.1. The van der Waals surface area contributed by atoms with E-state index in [9.17, 15) is 4.79 Å². The molecule has 2 atom stereocenters. The molecule has 1 amide bonds. The van der Waals surface area contributed by atoms with Crippen molar-refractivity contribution in [3.05, 3.63) is 24.3 Å². The molecular weight excluding hydrogens is 264 g/mol. The Bertz CT molecular complexity index is 462. The minimum atomic E-state index is -0.0814. The zero-order valence-corrected chi connectivity index (χ0v) is 12.8. The second-order valence-corrected chi connectivity index (χ2v) is 6.10. The first-order chi connectivity index (χ1) is 10.1. The number of amides is 1. The second-order valence-electron chi connectivity index (χ2n) is 6.10. The molecule has 1 saturated carbocycles. The van der Waals surface area contributed by atoms with Gasteiger partial charge in [0.1, 0.15) is 5.75 Å². The fourth-order valence-corrected chi connectivity index (χ4v) is 3.04. The van der Waals surface area contributed by atoms with Gasteiger partial charge in [0, 0.05) is 6.54 Å². The largest absolute Gasteiger partial charge is 0.482 e. The van der Waals surface area contributed by atoms with Crippen LogP contribution in [-0.4, -0.2) is 19.1 Å². The van der Waals surface area contributed by atoms with Crippen LogP contribution in [0.15, 0.2) is 24.3 Å². The van der Waals surface area contributed by atoms with Crippen molar-refractivity contribution in [3.8, 4) is 5.75 Å². The van der Waals surface area contributed by atoms with Crippen LogP contribution >= 0.6 is 0 Å². The Hall–Kier alpha value is -1.71. The number of anilines is 1. The average molecular weight is 290 g/mol. The van der Waals surface area contributed by atoms with Crippen molar-refractivity contribution in [2.75, 3.05) is 18.9 Å². The molecule has 0 heterocycles. The van der Waals surface area contributed by atoms with Crippen LogP contribution in [0.2, 0.25) is 0 Å². The summed E-state index contributed by atoms with van der Waals surface area (Å²) < 4.78 is 5.42. The lowest BCUT2D eigenvalue weighted by Gasteiger charge is -2.26. The van der Waals surface area contributed by atoms with E-state index in [1.54, 1.807) is 12.1 Å². The summed E-state index contributed by atoms with van der Waals surface area (Å²) in [7, 11) is 0. The van der Waals surface area contributed by atoms with Gasteiger partial charge in [0.05, 0.1) is 5.69 Å². The maximum absolute atomic E-state index is 11.8. The summed E-state index contributed by atoms with van der Waals surface area (Å²) in [4.78, 5) is 11.8. The molecule has 0 spiro atoms. The summed E-state index contributed by atoms with van der Waals surface area (Å²) in [5.74, 6) is 2.08. The lowest BCUT2D eigenvalue weighted by atomic mass is 9.81. The van der Waals surface area contributed by atoms with Crippen LogP contribution in [0.1, 0.15) is 39.0 Å². The highest BCUT2D eigenvalue weighted by Gasteiger charge is 2.18. The van der Waals surface area contributed by atoms with Crippen molar-refractivity contribution in [2.24, 2.45) is 11.8 Å². The molecule has 4 heteroatoms. The number of carbonyl (C=O) groups excluding carboxylic acids is 1. The molecule has 3 N–H and O–H groups in total. The molecule has 4 nitrogen and oxygen atoms in total. The molecule has 1 aliphatic rings. The van der Waals surface area contributed by atoms with Gasteiger partial charge in [0.2, 0.25) is 0 Å². The maximum atomic E-state index is 11.8. The summed E-state index contributed by atoms with van der Waals surface area (Å²) in [5.41, 5.74) is 6.32. The van der Waals surface area contributed by atoms with Crippen LogP contribution < -0.4 is 15.8 Å². The minimum absolute atomic E-state index is 0.0231. The Labute approximate surface area is 127 Å². The van der Waals surface area contributed by atoms with Crippen molar-refractivity contribution in [1.29, 1.82) is 0 Å². The average Bonchev–Trinajstić information content (AvgIpc) is 2.46. The molecule has 116 valence electrons. The van der Waals surface area contributed by atoms with E-state index in [0.29, 0.717) is 11.4 Å². The van der Waals surface area contributed by atoms with Crippen molar-refractivity contribution < 1.29 is 9.53 Å². The van der Waals surface area contributed by atoms with E-state index in [1.807, 2.05) is 12.1 Å². The number of benzene rings is 1. The summed E-state index contributed by atoms with van der Waals surface area (Å²) >= 11 is 0. The predicted octanol–water partition coefficient (Wildman–Crippen LogP) is 2.98. The number of hydrogen-bond acceptors (Lipinski definition) is 3. The van der Waals surface area contributed by atoms with Crippen molar-refractivity contribution in [3.63, 3.8) is 0 Å². The number of nitrogens with two attached hydrogens (primary N) is 1. The third-order valence-corrected chi connectivity index (χ3v) is 4.20. The van der Waals surface area contributed by atoms with E-state index in [1.165, 1.54) is 25.7 Å². The molecule has 1 fully saturated rings. The van der Waals surface area contributed by atoms with Gasteiger partial charge >= 0.3 is 0 Å². The van der Waals surface area contributed by atoms with Crippen LogP contribution in [-0.2, 0) is 4.79 Å². The summed E-state index contributed by atoms with van der Waals surface area (Å²) in [5, 5.41) is 2.93. The highest BCUT2D eigenvalue weighted by atomic mass is 16.5. The SMILES string of the molecule is CC1CCCC(CCNC(=O)COc2ccccc2N)C1. The molecule has 0 aliphatic heterocycles. The van der Waals surface area contributed by atoms with Crippen LogP contribution in [0.3, 0.4) is 0 Å². The molecule has 0 aromatic heterocycles. The van der Waals surface area contributed by atoms with E-state index in [2.05, 4.69) is 12.2 Å². The maximum Gasteiger partial charge on any atom is 0.257 e. The van der Waals surface area contributed by atoms with Crippen LogP contribution in [0.5, 0.6) is 5.75 Å². The van der Waals surface area contributed by atoms with E-state index in [4.69, 9.17) is 10.5 Å². The smallest absolute Gasteiger partial charge is 0.257 e. The highest BCUT2D eigenvalue weighted by Crippen LogP contribution is 2.30. The van der Waals surface area contributed by atoms with Gasteiger partial charge in [0.25, 0.3) is 5.91 Å². The summed E-state index contributed by atoms with van der Waals surface area (Å²) in [6.45, 7) is 3.09. The normalized spacial score (nSPS) is 21.8. The molecule has 1 aliphatic carbocycles. The molecule has 2 unspecified atom stereocenters. The molecule has 1 aromatic carbocycles. The minimum Gasteiger partial charge on any atom is -0.482 e. The van der Waals surface area contributed by atoms with E-state index < -0.39 is 0 Å². The van der Waals surface area contributed by atoms with Crippen molar-refractivity contribution >= 4 is 11.6 Å². The second kappa shape index (κ2) is 7.91. The Morgan fingerprint density at radius 3 is 2.95 bits per heavy atom. The van der Waals surface area contributed by atoms with Gasteiger partial charge in [0.15, 0.2) is 6.61 Å². The Kier molecular flexibility index (Phi) is 5.90. The number of hydrogen-bond donors (Lipinski definition) is 2. The van der Waals surface area contributed by atoms with Crippen molar-refractivity contribution in [2.45, 2.75) is 39.0 Å². The summed E-state index contributed by atoms with van der Waals surface area (Å²) in [6.07, 6.45) is 6.36. The number of rotatable bonds is 6. The fraction of sp³-hybridized carbons (Fsp3) is 0.588. The lowest BCUT2D eigenvalue weighted by Crippen LogP contribution is -2.31. The number of para-hydroxylation sites is 2. The topological polar surface area (TPSA) is 64.3 Å². The molecule has 0 bridgehead atoms. The molecule has 21 heavy (non-hydrogen) atoms. The predicted molar refractivity (Wildman–Crippen MR) is 85.1 cm³/mol. The standard InChI is InChI=1S/C17H26N2O2/c1-13-5-4-6-14(11-13)9-10-19-17(20)12-21-16-8-3-2-7-15(16)18/h2-3,7-8,13-14H,4-6,9-12,18H2,1H3,(H,19,20). The number of ether oxygens (including phenoxy) is 1. The number of carbonyl (C=O) groups is 1. The quantitative estimate of drug-likeness (QED) is 0.792. The first-order valence-electron chi connectivity index (χ1n) is 7.89. The molecule has 2 rings (SSSR count). The van der Waals surface area contributed by atoms with Gasteiger partial charge in [-0.15, -0.1) is 0 Å². The van der Waals surface area contributed by atoms with E-state index >= 15 is 0 Å². The number of nitrogen functional groups attached to an aromatic ring is 1. The fourth-order valence-electron chi connectivity index (χ4n) is 3.04. The monoisotopic (exact) mass is 290 g/mol. The van der Waals surface area contributed by atoms with Gasteiger partial charge < -0.3 is 15.8 Å². The van der Waals surface area contributed by atoms with Crippen molar-refractivity contribution in [1.82, 2.24) is 5.32 Å². The summed E-state index contributed by atoms with van der Waals surface area (Å²) in [6, 6.07) is 7.21. The van der Waals surface area contributed by atoms with Crippen LogP contribution in [0.25, 0.3) is 0 Å². The first-order valence-corrected chi connectivity index (χ1v) is 7.89. The number of nitrogens with one attached hydrogen (secondary N) is 1. The van der Waals surface area contributed by atoms with E-state index in [0.717, 1.165) is 24.8 Å². The third kappa shape index (κ3) is 5.29. The molecular formula is C17H26N2O2. The molecule has 0 radical (unpaired) electrons. The molecule has 1 aromatic rings. The van der Waals surface area contributed by atoms with Gasteiger partial charge in [-0.25, -0.2) is 0 Å². The third-order valence-electron chi connectivity index (χ3n) is 4.20. The Balaban J connectivity index is 1.62. The first kappa shape index (κ1) is 15.7. The Morgan fingerprint density at radius 2 is 2.19 bits per heavy atom. The zero-order valence-electron chi connectivity index (χ0n) is 12.8. The van der Waals surface area contributed by atoms with Gasteiger partial charge in [-0.05, 0) is 36.8 Å². The Morgan fingerprint density at radius 1 is 1.38 bits per heavy atom. The van der Waals surface area contributed by atoms with E-state index in [-0.39, 0.29) is 12.5 Å². The highest BCUT2D eigenvalue weighted by molar-refractivity contribution is 5.77. The van der Waals surface area contributed by atoms with Gasteiger partial charge in [-0.2, -0.15) is 0 Å².